The Kier molecular flexibility index (Phi) is 7.08. The molecule has 2 aromatic carbocycles. The standard InChI is InChI=1S/C20H23NO7/c1-12(28-20(24)14-6-5-7-16(26-3)18(14)22)19(23)21-11-13-8-9-15(25-2)17(10-13)27-4/h5-10,12,22H,11H2,1-4H3,(H,21,23). The van der Waals surface area contributed by atoms with E-state index in [1.54, 1.807) is 18.2 Å². The molecular formula is C20H23NO7. The summed E-state index contributed by atoms with van der Waals surface area (Å²) in [6.07, 6.45) is -1.06. The zero-order chi connectivity index (χ0) is 20.7. The summed E-state index contributed by atoms with van der Waals surface area (Å²) < 4.78 is 20.5. The summed E-state index contributed by atoms with van der Waals surface area (Å²) in [5.74, 6) is -0.385. The van der Waals surface area contributed by atoms with Crippen LogP contribution in [-0.2, 0) is 16.1 Å². The maximum atomic E-state index is 12.2. The molecule has 2 aromatic rings. The van der Waals surface area contributed by atoms with E-state index in [-0.39, 0.29) is 23.6 Å². The van der Waals surface area contributed by atoms with E-state index in [0.717, 1.165) is 5.56 Å². The van der Waals surface area contributed by atoms with Crippen molar-refractivity contribution in [1.29, 1.82) is 0 Å². The molecule has 0 spiro atoms. The van der Waals surface area contributed by atoms with Crippen LogP contribution in [0.2, 0.25) is 0 Å². The van der Waals surface area contributed by atoms with Gasteiger partial charge >= 0.3 is 5.97 Å². The summed E-state index contributed by atoms with van der Waals surface area (Å²) in [6, 6.07) is 9.68. The van der Waals surface area contributed by atoms with Crippen molar-refractivity contribution in [3.05, 3.63) is 47.5 Å². The Bertz CT molecular complexity index is 850. The Balaban J connectivity index is 1.97. The second kappa shape index (κ2) is 9.50. The van der Waals surface area contributed by atoms with Crippen LogP contribution in [0.5, 0.6) is 23.0 Å². The minimum Gasteiger partial charge on any atom is -0.504 e. The topological polar surface area (TPSA) is 103 Å². The molecule has 0 aliphatic heterocycles. The molecule has 28 heavy (non-hydrogen) atoms. The van der Waals surface area contributed by atoms with Gasteiger partial charge in [-0.1, -0.05) is 12.1 Å². The number of nitrogens with one attached hydrogen (secondary N) is 1. The van der Waals surface area contributed by atoms with Gasteiger partial charge in [0.1, 0.15) is 5.56 Å². The molecule has 0 radical (unpaired) electrons. The Morgan fingerprint density at radius 2 is 1.68 bits per heavy atom. The first-order chi connectivity index (χ1) is 13.4. The molecule has 0 fully saturated rings. The second-order valence-electron chi connectivity index (χ2n) is 5.81. The predicted molar refractivity (Wildman–Crippen MR) is 101 cm³/mol. The molecule has 2 rings (SSSR count). The lowest BCUT2D eigenvalue weighted by atomic mass is 10.2. The van der Waals surface area contributed by atoms with Crippen molar-refractivity contribution >= 4 is 11.9 Å². The summed E-state index contributed by atoms with van der Waals surface area (Å²) in [5, 5.41) is 12.7. The van der Waals surface area contributed by atoms with Crippen molar-refractivity contribution in [3.8, 4) is 23.0 Å². The molecule has 1 amide bonds. The Morgan fingerprint density at radius 1 is 1.00 bits per heavy atom. The van der Waals surface area contributed by atoms with Crippen LogP contribution in [0, 0.1) is 0 Å². The van der Waals surface area contributed by atoms with Crippen LogP contribution in [0.4, 0.5) is 0 Å². The van der Waals surface area contributed by atoms with Crippen LogP contribution in [0.3, 0.4) is 0 Å². The molecule has 0 saturated carbocycles. The van der Waals surface area contributed by atoms with Crippen molar-refractivity contribution in [2.75, 3.05) is 21.3 Å². The molecule has 0 aliphatic rings. The summed E-state index contributed by atoms with van der Waals surface area (Å²) in [7, 11) is 4.43. The number of rotatable bonds is 8. The molecule has 1 atom stereocenters. The quantitative estimate of drug-likeness (QED) is 0.668. The zero-order valence-corrected chi connectivity index (χ0v) is 16.1. The molecule has 150 valence electrons. The number of carbonyl (C=O) groups excluding carboxylic acids is 2. The lowest BCUT2D eigenvalue weighted by molar-refractivity contribution is -0.129. The van der Waals surface area contributed by atoms with Gasteiger partial charge in [-0.3, -0.25) is 4.79 Å². The maximum absolute atomic E-state index is 12.2. The molecule has 1 unspecified atom stereocenters. The van der Waals surface area contributed by atoms with Gasteiger partial charge in [0.05, 0.1) is 21.3 Å². The number of esters is 1. The minimum atomic E-state index is -1.06. The third kappa shape index (κ3) is 4.85. The molecule has 8 heteroatoms. The van der Waals surface area contributed by atoms with Gasteiger partial charge in [-0.25, -0.2) is 4.79 Å². The molecule has 8 nitrogen and oxygen atoms in total. The first kappa shape index (κ1) is 20.9. The molecule has 0 bridgehead atoms. The number of phenolic OH excluding ortho intramolecular Hbond substituents is 1. The highest BCUT2D eigenvalue weighted by Gasteiger charge is 2.22. The van der Waals surface area contributed by atoms with E-state index in [0.29, 0.717) is 11.5 Å². The predicted octanol–water partition coefficient (Wildman–Crippen LogP) is 2.28. The number of hydrogen-bond donors (Lipinski definition) is 2. The van der Waals surface area contributed by atoms with Gasteiger partial charge in [0, 0.05) is 6.54 Å². The lowest BCUT2D eigenvalue weighted by Gasteiger charge is -2.15. The second-order valence-corrected chi connectivity index (χ2v) is 5.81. The first-order valence-corrected chi connectivity index (χ1v) is 8.46. The number of ether oxygens (including phenoxy) is 4. The van der Waals surface area contributed by atoms with Crippen LogP contribution in [0.15, 0.2) is 36.4 Å². The van der Waals surface area contributed by atoms with Crippen LogP contribution in [-0.4, -0.2) is 44.4 Å². The van der Waals surface area contributed by atoms with Crippen molar-refractivity contribution in [2.24, 2.45) is 0 Å². The van der Waals surface area contributed by atoms with Gasteiger partial charge in [0.2, 0.25) is 0 Å². The molecule has 0 aromatic heterocycles. The fourth-order valence-electron chi connectivity index (χ4n) is 2.45. The van der Waals surface area contributed by atoms with Gasteiger partial charge in [0.15, 0.2) is 29.1 Å². The van der Waals surface area contributed by atoms with E-state index < -0.39 is 18.0 Å². The summed E-state index contributed by atoms with van der Waals surface area (Å²) in [6.45, 7) is 1.66. The first-order valence-electron chi connectivity index (χ1n) is 8.46. The summed E-state index contributed by atoms with van der Waals surface area (Å²) >= 11 is 0. The minimum absolute atomic E-state index is 0.0844. The fourth-order valence-corrected chi connectivity index (χ4v) is 2.45. The van der Waals surface area contributed by atoms with Crippen LogP contribution in [0.25, 0.3) is 0 Å². The average Bonchev–Trinajstić information content (AvgIpc) is 2.71. The van der Waals surface area contributed by atoms with Gasteiger partial charge < -0.3 is 29.4 Å². The SMILES string of the molecule is COc1ccc(CNC(=O)C(C)OC(=O)c2cccc(OC)c2O)cc1OC. The van der Waals surface area contributed by atoms with Crippen molar-refractivity contribution in [1.82, 2.24) is 5.32 Å². The van der Waals surface area contributed by atoms with Crippen LogP contribution in [0.1, 0.15) is 22.8 Å². The average molecular weight is 389 g/mol. The third-order valence-corrected chi connectivity index (χ3v) is 4.01. The number of amides is 1. The van der Waals surface area contributed by atoms with E-state index in [4.69, 9.17) is 18.9 Å². The fraction of sp³-hybridized carbons (Fsp3) is 0.300. The number of para-hydroxylation sites is 1. The third-order valence-electron chi connectivity index (χ3n) is 4.01. The Labute approximate surface area is 163 Å². The van der Waals surface area contributed by atoms with Gasteiger partial charge in [-0.2, -0.15) is 0 Å². The van der Waals surface area contributed by atoms with E-state index >= 15 is 0 Å². The maximum Gasteiger partial charge on any atom is 0.342 e. The highest BCUT2D eigenvalue weighted by atomic mass is 16.5. The number of methoxy groups -OCH3 is 3. The zero-order valence-electron chi connectivity index (χ0n) is 16.1. The van der Waals surface area contributed by atoms with E-state index in [1.165, 1.54) is 46.5 Å². The van der Waals surface area contributed by atoms with Gasteiger partial charge in [0.25, 0.3) is 5.91 Å². The summed E-state index contributed by atoms with van der Waals surface area (Å²) in [5.41, 5.74) is 0.703. The monoisotopic (exact) mass is 389 g/mol. The molecular weight excluding hydrogens is 366 g/mol. The highest BCUT2D eigenvalue weighted by molar-refractivity contribution is 5.95. The van der Waals surface area contributed by atoms with E-state index in [2.05, 4.69) is 5.32 Å². The van der Waals surface area contributed by atoms with Crippen molar-refractivity contribution in [3.63, 3.8) is 0 Å². The number of hydrogen-bond acceptors (Lipinski definition) is 7. The number of benzene rings is 2. The normalized spacial score (nSPS) is 11.3. The largest absolute Gasteiger partial charge is 0.504 e. The van der Waals surface area contributed by atoms with E-state index in [9.17, 15) is 14.7 Å². The number of carbonyl (C=O) groups is 2. The van der Waals surface area contributed by atoms with Crippen molar-refractivity contribution in [2.45, 2.75) is 19.6 Å². The smallest absolute Gasteiger partial charge is 0.342 e. The van der Waals surface area contributed by atoms with Crippen molar-refractivity contribution < 1.29 is 33.6 Å². The van der Waals surface area contributed by atoms with Gasteiger partial charge in [-0.15, -0.1) is 0 Å². The van der Waals surface area contributed by atoms with Crippen LogP contribution >= 0.6 is 0 Å². The molecule has 0 heterocycles. The highest BCUT2D eigenvalue weighted by Crippen LogP contribution is 2.30. The molecule has 2 N–H and O–H groups in total. The number of aromatic hydroxyl groups is 1. The van der Waals surface area contributed by atoms with E-state index in [1.807, 2.05) is 0 Å². The Hall–Kier alpha value is -3.42. The lowest BCUT2D eigenvalue weighted by Crippen LogP contribution is -2.35. The Morgan fingerprint density at radius 3 is 2.32 bits per heavy atom. The molecule has 0 saturated heterocycles. The van der Waals surface area contributed by atoms with Gasteiger partial charge in [-0.05, 0) is 36.8 Å². The van der Waals surface area contributed by atoms with Crippen LogP contribution < -0.4 is 19.5 Å². The summed E-state index contributed by atoms with van der Waals surface area (Å²) in [4.78, 5) is 24.5. The number of phenols is 1. The molecule has 0 aliphatic carbocycles.